The average Bonchev–Trinajstić information content (AvgIpc) is 2.92. The molecule has 4 rings (SSSR count). The third-order valence-corrected chi connectivity index (χ3v) is 5.45. The van der Waals surface area contributed by atoms with Crippen molar-refractivity contribution in [3.8, 4) is 0 Å². The lowest BCUT2D eigenvalue weighted by Crippen LogP contribution is -2.30. The van der Waals surface area contributed by atoms with Gasteiger partial charge in [-0.3, -0.25) is 13.9 Å². The number of halogens is 1. The topological polar surface area (TPSA) is 59.3 Å². The lowest BCUT2D eigenvalue weighted by atomic mass is 10.1. The van der Waals surface area contributed by atoms with E-state index < -0.39 is 11.7 Å². The fraction of sp³-hybridized carbons (Fsp3) is 0.333. The highest BCUT2D eigenvalue weighted by atomic mass is 19.1. The minimum absolute atomic E-state index is 0.00542. The van der Waals surface area contributed by atoms with Crippen LogP contribution in [0.3, 0.4) is 0 Å². The summed E-state index contributed by atoms with van der Waals surface area (Å²) in [6.45, 7) is 1.77. The Labute approximate surface area is 162 Å². The minimum atomic E-state index is -0.562. The first-order valence-corrected chi connectivity index (χ1v) is 9.47. The van der Waals surface area contributed by atoms with Gasteiger partial charge in [-0.2, -0.15) is 0 Å². The Kier molecular flexibility index (Phi) is 4.66. The van der Waals surface area contributed by atoms with Crippen LogP contribution in [0.25, 0.3) is 11.0 Å². The van der Waals surface area contributed by atoms with E-state index in [0.29, 0.717) is 5.69 Å². The number of carbonyl (C=O) groups excluding carboxylic acids is 1. The van der Waals surface area contributed by atoms with E-state index in [4.69, 9.17) is 0 Å². The maximum Gasteiger partial charge on any atom is 0.328 e. The molecule has 1 aliphatic heterocycles. The van der Waals surface area contributed by atoms with E-state index in [1.807, 2.05) is 6.07 Å². The number of carbonyl (C=O) groups is 1. The molecule has 28 heavy (non-hydrogen) atoms. The summed E-state index contributed by atoms with van der Waals surface area (Å²) in [4.78, 5) is 27.3. The Balaban J connectivity index is 1.82. The summed E-state index contributed by atoms with van der Waals surface area (Å²) in [5.74, 6) is -1.07. The van der Waals surface area contributed by atoms with Crippen molar-refractivity contribution in [3.05, 3.63) is 58.3 Å². The van der Waals surface area contributed by atoms with Gasteiger partial charge in [0.15, 0.2) is 0 Å². The normalized spacial score (nSPS) is 14.5. The van der Waals surface area contributed by atoms with Crippen LogP contribution in [0.4, 0.5) is 15.8 Å². The van der Waals surface area contributed by atoms with Crippen molar-refractivity contribution in [1.82, 2.24) is 9.13 Å². The number of piperidine rings is 1. The molecule has 0 saturated carbocycles. The maximum absolute atomic E-state index is 14.1. The van der Waals surface area contributed by atoms with Crippen molar-refractivity contribution in [1.29, 1.82) is 0 Å². The molecule has 2 aromatic carbocycles. The van der Waals surface area contributed by atoms with Gasteiger partial charge in [0.2, 0.25) is 0 Å². The van der Waals surface area contributed by atoms with Gasteiger partial charge in [-0.1, -0.05) is 12.1 Å². The molecular weight excluding hydrogens is 359 g/mol. The molecule has 0 unspecified atom stereocenters. The number of fused-ring (bicyclic) bond motifs is 1. The number of rotatable bonds is 3. The Hall–Kier alpha value is -3.09. The lowest BCUT2D eigenvalue weighted by Gasteiger charge is -2.30. The van der Waals surface area contributed by atoms with Gasteiger partial charge >= 0.3 is 5.69 Å². The zero-order chi connectivity index (χ0) is 19.8. The Morgan fingerprint density at radius 2 is 1.64 bits per heavy atom. The molecular formula is C21H23FN4O2. The molecule has 0 spiro atoms. The molecule has 146 valence electrons. The standard InChI is InChI=1S/C21H23FN4O2/c1-24-18-12-16(23-20(27)14-8-4-5-9-15(14)22)17(26-10-6-3-7-11-26)13-19(18)25(2)21(24)28/h4-5,8-9,12-13H,3,6-7,10-11H2,1-2H3,(H,23,27). The smallest absolute Gasteiger partial charge is 0.328 e. The number of aromatic nitrogens is 2. The molecule has 1 aliphatic rings. The second-order valence-electron chi connectivity index (χ2n) is 7.24. The number of hydrogen-bond donors (Lipinski definition) is 1. The van der Waals surface area contributed by atoms with E-state index in [0.717, 1.165) is 42.7 Å². The summed E-state index contributed by atoms with van der Waals surface area (Å²) >= 11 is 0. The highest BCUT2D eigenvalue weighted by Crippen LogP contribution is 2.33. The van der Waals surface area contributed by atoms with Gasteiger partial charge in [-0.25, -0.2) is 9.18 Å². The Bertz CT molecular complexity index is 1110. The number of nitrogens with zero attached hydrogens (tertiary/aromatic N) is 3. The third kappa shape index (κ3) is 3.06. The summed E-state index contributed by atoms with van der Waals surface area (Å²) in [5, 5.41) is 2.87. The highest BCUT2D eigenvalue weighted by molar-refractivity contribution is 6.07. The fourth-order valence-electron chi connectivity index (χ4n) is 3.87. The van der Waals surface area contributed by atoms with Gasteiger partial charge in [0.25, 0.3) is 5.91 Å². The fourth-order valence-corrected chi connectivity index (χ4v) is 3.87. The third-order valence-electron chi connectivity index (χ3n) is 5.45. The predicted molar refractivity (Wildman–Crippen MR) is 109 cm³/mol. The lowest BCUT2D eigenvalue weighted by molar-refractivity contribution is 0.102. The van der Waals surface area contributed by atoms with Crippen LogP contribution in [0.2, 0.25) is 0 Å². The van der Waals surface area contributed by atoms with E-state index in [1.54, 1.807) is 41.4 Å². The minimum Gasteiger partial charge on any atom is -0.370 e. The van der Waals surface area contributed by atoms with Gasteiger partial charge in [-0.15, -0.1) is 0 Å². The van der Waals surface area contributed by atoms with E-state index in [9.17, 15) is 14.0 Å². The summed E-state index contributed by atoms with van der Waals surface area (Å²) in [6, 6.07) is 9.66. The predicted octanol–water partition coefficient (Wildman–Crippen LogP) is 3.26. The molecule has 0 bridgehead atoms. The van der Waals surface area contributed by atoms with Crippen LogP contribution in [-0.4, -0.2) is 28.1 Å². The molecule has 1 fully saturated rings. The summed E-state index contributed by atoms with van der Waals surface area (Å²) in [5.41, 5.74) is 2.84. The highest BCUT2D eigenvalue weighted by Gasteiger charge is 2.21. The molecule has 6 nitrogen and oxygen atoms in total. The zero-order valence-electron chi connectivity index (χ0n) is 16.0. The number of anilines is 2. The number of hydrogen-bond acceptors (Lipinski definition) is 3. The zero-order valence-corrected chi connectivity index (χ0v) is 16.0. The molecule has 1 aromatic heterocycles. The van der Waals surface area contributed by atoms with Gasteiger partial charge < -0.3 is 10.2 Å². The molecule has 1 N–H and O–H groups in total. The van der Waals surface area contributed by atoms with E-state index in [1.165, 1.54) is 18.6 Å². The second-order valence-corrected chi connectivity index (χ2v) is 7.24. The largest absolute Gasteiger partial charge is 0.370 e. The molecule has 7 heteroatoms. The molecule has 1 saturated heterocycles. The number of imidazole rings is 1. The van der Waals surface area contributed by atoms with E-state index in [2.05, 4.69) is 10.2 Å². The van der Waals surface area contributed by atoms with Crippen LogP contribution < -0.4 is 15.9 Å². The number of nitrogens with one attached hydrogen (secondary N) is 1. The molecule has 0 aliphatic carbocycles. The Morgan fingerprint density at radius 1 is 1.00 bits per heavy atom. The monoisotopic (exact) mass is 382 g/mol. The van der Waals surface area contributed by atoms with E-state index >= 15 is 0 Å². The first-order valence-electron chi connectivity index (χ1n) is 9.47. The quantitative estimate of drug-likeness (QED) is 0.756. The van der Waals surface area contributed by atoms with Crippen LogP contribution in [-0.2, 0) is 14.1 Å². The van der Waals surface area contributed by atoms with Crippen molar-refractivity contribution in [3.63, 3.8) is 0 Å². The van der Waals surface area contributed by atoms with Gasteiger partial charge in [0, 0.05) is 27.2 Å². The number of benzene rings is 2. The Morgan fingerprint density at radius 3 is 2.32 bits per heavy atom. The molecule has 1 amide bonds. The van der Waals surface area contributed by atoms with Crippen LogP contribution in [0.5, 0.6) is 0 Å². The van der Waals surface area contributed by atoms with Gasteiger partial charge in [0.1, 0.15) is 5.82 Å². The summed E-state index contributed by atoms with van der Waals surface area (Å²) in [6.07, 6.45) is 3.33. The second kappa shape index (κ2) is 7.14. The molecule has 0 radical (unpaired) electrons. The summed E-state index contributed by atoms with van der Waals surface area (Å²) in [7, 11) is 3.44. The van der Waals surface area contributed by atoms with E-state index in [-0.39, 0.29) is 11.3 Å². The molecule has 3 aromatic rings. The molecule has 2 heterocycles. The number of amides is 1. The van der Waals surface area contributed by atoms with Gasteiger partial charge in [0.05, 0.1) is 28.0 Å². The van der Waals surface area contributed by atoms with Crippen molar-refractivity contribution in [2.24, 2.45) is 14.1 Å². The van der Waals surface area contributed by atoms with Crippen LogP contribution >= 0.6 is 0 Å². The number of aryl methyl sites for hydroxylation is 2. The first-order chi connectivity index (χ1) is 13.5. The van der Waals surface area contributed by atoms with Crippen molar-refractivity contribution in [2.45, 2.75) is 19.3 Å². The van der Waals surface area contributed by atoms with Crippen molar-refractivity contribution in [2.75, 3.05) is 23.3 Å². The van der Waals surface area contributed by atoms with Crippen LogP contribution in [0.15, 0.2) is 41.2 Å². The van der Waals surface area contributed by atoms with Crippen molar-refractivity contribution >= 4 is 28.3 Å². The van der Waals surface area contributed by atoms with Gasteiger partial charge in [-0.05, 0) is 43.5 Å². The van der Waals surface area contributed by atoms with Crippen LogP contribution in [0, 0.1) is 5.82 Å². The first kappa shape index (κ1) is 18.3. The SMILES string of the molecule is Cn1c(=O)n(C)c2cc(N3CCCCC3)c(NC(=O)c3ccccc3F)cc21. The van der Waals surface area contributed by atoms with Crippen LogP contribution in [0.1, 0.15) is 29.6 Å². The van der Waals surface area contributed by atoms with Crippen molar-refractivity contribution < 1.29 is 9.18 Å². The average molecular weight is 382 g/mol. The maximum atomic E-state index is 14.1. The molecule has 0 atom stereocenters. The summed E-state index contributed by atoms with van der Waals surface area (Å²) < 4.78 is 17.2.